The number of nitrogens with zero attached hydrogens (tertiary/aromatic N) is 1. The fraction of sp³-hybridized carbons (Fsp3) is 0.500. The molecule has 2 amide bonds. The van der Waals surface area contributed by atoms with Crippen molar-refractivity contribution in [3.8, 4) is 0 Å². The summed E-state index contributed by atoms with van der Waals surface area (Å²) in [5.74, 6) is -2.64. The van der Waals surface area contributed by atoms with E-state index in [4.69, 9.17) is 0 Å². The van der Waals surface area contributed by atoms with Crippen LogP contribution in [-0.4, -0.2) is 29.0 Å². The van der Waals surface area contributed by atoms with Crippen molar-refractivity contribution in [3.05, 3.63) is 11.6 Å². The third kappa shape index (κ3) is 3.22. The fourth-order valence-corrected chi connectivity index (χ4v) is 2.31. The lowest BCUT2D eigenvalue weighted by atomic mass is 9.93. The van der Waals surface area contributed by atoms with Gasteiger partial charge in [-0.15, -0.1) is 11.3 Å². The summed E-state index contributed by atoms with van der Waals surface area (Å²) in [6.07, 6.45) is -3.44. The molecule has 0 spiro atoms. The van der Waals surface area contributed by atoms with E-state index in [0.717, 1.165) is 0 Å². The second kappa shape index (κ2) is 5.16. The first kappa shape index (κ1) is 13.8. The highest BCUT2D eigenvalue weighted by Gasteiger charge is 2.45. The van der Waals surface area contributed by atoms with Crippen LogP contribution in [0.25, 0.3) is 0 Å². The van der Waals surface area contributed by atoms with Gasteiger partial charge >= 0.3 is 6.18 Å². The Morgan fingerprint density at radius 1 is 1.47 bits per heavy atom. The molecule has 1 fully saturated rings. The highest BCUT2D eigenvalue weighted by atomic mass is 32.1. The van der Waals surface area contributed by atoms with Crippen molar-refractivity contribution in [1.82, 2.24) is 10.3 Å². The van der Waals surface area contributed by atoms with Crippen LogP contribution in [0.5, 0.6) is 0 Å². The minimum Gasteiger partial charge on any atom is -0.344 e. The van der Waals surface area contributed by atoms with Gasteiger partial charge in [-0.05, 0) is 12.8 Å². The molecule has 0 aromatic carbocycles. The normalized spacial score (nSPS) is 23.8. The molecule has 19 heavy (non-hydrogen) atoms. The molecule has 0 radical (unpaired) electrons. The fourth-order valence-electron chi connectivity index (χ4n) is 1.78. The average Bonchev–Trinajstić information content (AvgIpc) is 2.80. The summed E-state index contributed by atoms with van der Waals surface area (Å²) < 4.78 is 37.3. The van der Waals surface area contributed by atoms with Crippen LogP contribution in [0, 0.1) is 5.92 Å². The van der Waals surface area contributed by atoms with E-state index in [-0.39, 0.29) is 12.8 Å². The van der Waals surface area contributed by atoms with E-state index >= 15 is 0 Å². The Morgan fingerprint density at radius 3 is 2.74 bits per heavy atom. The molecule has 2 atom stereocenters. The van der Waals surface area contributed by atoms with Crippen molar-refractivity contribution in [3.63, 3.8) is 0 Å². The maximum absolute atomic E-state index is 12.4. The number of rotatable bonds is 2. The third-order valence-corrected chi connectivity index (χ3v) is 3.44. The van der Waals surface area contributed by atoms with Gasteiger partial charge in [-0.3, -0.25) is 9.59 Å². The number of nitrogens with one attached hydrogen (secondary N) is 2. The number of hydrogen-bond donors (Lipinski definition) is 2. The molecule has 0 unspecified atom stereocenters. The molecule has 5 nitrogen and oxygen atoms in total. The molecule has 2 rings (SSSR count). The van der Waals surface area contributed by atoms with E-state index in [1.165, 1.54) is 17.5 Å². The second-order valence-electron chi connectivity index (χ2n) is 4.06. The molecule has 9 heteroatoms. The van der Waals surface area contributed by atoms with Crippen molar-refractivity contribution in [2.75, 3.05) is 5.32 Å². The van der Waals surface area contributed by atoms with Gasteiger partial charge in [0, 0.05) is 11.6 Å². The smallest absolute Gasteiger partial charge is 0.344 e. The highest BCUT2D eigenvalue weighted by Crippen LogP contribution is 2.29. The monoisotopic (exact) mass is 293 g/mol. The van der Waals surface area contributed by atoms with Gasteiger partial charge in [0.15, 0.2) is 5.13 Å². The second-order valence-corrected chi connectivity index (χ2v) is 4.95. The van der Waals surface area contributed by atoms with Gasteiger partial charge < -0.3 is 10.6 Å². The predicted molar refractivity (Wildman–Crippen MR) is 61.5 cm³/mol. The first-order chi connectivity index (χ1) is 8.88. The number of thiazole rings is 1. The summed E-state index contributed by atoms with van der Waals surface area (Å²) in [5, 5.41) is 6.18. The average molecular weight is 293 g/mol. The number of amides is 2. The number of hydrogen-bond acceptors (Lipinski definition) is 4. The van der Waals surface area contributed by atoms with E-state index in [1.807, 2.05) is 5.32 Å². The summed E-state index contributed by atoms with van der Waals surface area (Å²) in [4.78, 5) is 27.1. The Labute approximate surface area is 110 Å². The van der Waals surface area contributed by atoms with Gasteiger partial charge in [0.05, 0.1) is 0 Å². The zero-order valence-electron chi connectivity index (χ0n) is 9.53. The summed E-state index contributed by atoms with van der Waals surface area (Å²) in [6, 6.07) is -1.87. The Morgan fingerprint density at radius 2 is 2.21 bits per heavy atom. The molecule has 2 N–H and O–H groups in total. The number of anilines is 1. The standard InChI is InChI=1S/C10H10F3N3O2S/c11-10(12,13)6-2-1-5(7(17)15-6)8(18)16-9-14-3-4-19-9/h3-6H,1-2H2,(H,15,17)(H,14,16,18)/t5-,6+/m0/s1. The predicted octanol–water partition coefficient (Wildman–Crippen LogP) is 1.54. The molecule has 0 saturated carbocycles. The summed E-state index contributed by atoms with van der Waals surface area (Å²) >= 11 is 1.17. The Bertz CT molecular complexity index is 475. The lowest BCUT2D eigenvalue weighted by Crippen LogP contribution is -2.53. The van der Waals surface area contributed by atoms with Crippen LogP contribution in [0.2, 0.25) is 0 Å². The van der Waals surface area contributed by atoms with Crippen LogP contribution in [0.1, 0.15) is 12.8 Å². The van der Waals surface area contributed by atoms with Crippen LogP contribution >= 0.6 is 11.3 Å². The summed E-state index contributed by atoms with van der Waals surface area (Å²) in [6.45, 7) is 0. The molecule has 1 aromatic heterocycles. The molecule has 2 heterocycles. The van der Waals surface area contributed by atoms with Gasteiger partial charge in [-0.2, -0.15) is 13.2 Å². The van der Waals surface area contributed by atoms with Crippen molar-refractivity contribution < 1.29 is 22.8 Å². The van der Waals surface area contributed by atoms with Gasteiger partial charge in [-0.1, -0.05) is 0 Å². The summed E-state index contributed by atoms with van der Waals surface area (Å²) in [5.41, 5.74) is 0. The Kier molecular flexibility index (Phi) is 3.74. The largest absolute Gasteiger partial charge is 0.408 e. The number of halogens is 3. The minimum atomic E-state index is -4.48. The molecule has 1 aromatic rings. The zero-order chi connectivity index (χ0) is 14.0. The molecule has 1 aliphatic heterocycles. The SMILES string of the molecule is O=C(Nc1nccs1)[C@H]1CC[C@H](C(F)(F)F)NC1=O. The van der Waals surface area contributed by atoms with Gasteiger partial charge in [0.2, 0.25) is 11.8 Å². The number of piperidine rings is 1. The number of carbonyl (C=O) groups excluding carboxylic acids is 2. The maximum atomic E-state index is 12.4. The summed E-state index contributed by atoms with van der Waals surface area (Å²) in [7, 11) is 0. The maximum Gasteiger partial charge on any atom is 0.408 e. The minimum absolute atomic E-state index is 0.132. The molecular formula is C10H10F3N3O2S. The van der Waals surface area contributed by atoms with Crippen molar-refractivity contribution in [2.24, 2.45) is 5.92 Å². The van der Waals surface area contributed by atoms with Crippen molar-refractivity contribution in [1.29, 1.82) is 0 Å². The molecule has 1 aliphatic rings. The van der Waals surface area contributed by atoms with Crippen LogP contribution in [0.3, 0.4) is 0 Å². The zero-order valence-corrected chi connectivity index (χ0v) is 10.3. The third-order valence-electron chi connectivity index (χ3n) is 2.75. The lowest BCUT2D eigenvalue weighted by molar-refractivity contribution is -0.170. The van der Waals surface area contributed by atoms with Crippen LogP contribution < -0.4 is 10.6 Å². The van der Waals surface area contributed by atoms with Gasteiger partial charge in [0.25, 0.3) is 0 Å². The lowest BCUT2D eigenvalue weighted by Gasteiger charge is -2.29. The van der Waals surface area contributed by atoms with Crippen molar-refractivity contribution >= 4 is 28.3 Å². The van der Waals surface area contributed by atoms with Crippen LogP contribution in [-0.2, 0) is 9.59 Å². The number of alkyl halides is 3. The number of aromatic nitrogens is 1. The quantitative estimate of drug-likeness (QED) is 0.813. The highest BCUT2D eigenvalue weighted by molar-refractivity contribution is 7.13. The van der Waals surface area contributed by atoms with E-state index in [9.17, 15) is 22.8 Å². The van der Waals surface area contributed by atoms with E-state index < -0.39 is 30.0 Å². The topological polar surface area (TPSA) is 71.1 Å². The van der Waals surface area contributed by atoms with E-state index in [2.05, 4.69) is 10.3 Å². The molecular weight excluding hydrogens is 283 g/mol. The van der Waals surface area contributed by atoms with Crippen LogP contribution in [0.4, 0.5) is 18.3 Å². The van der Waals surface area contributed by atoms with E-state index in [1.54, 1.807) is 5.38 Å². The Balaban J connectivity index is 1.96. The van der Waals surface area contributed by atoms with Gasteiger partial charge in [0.1, 0.15) is 12.0 Å². The van der Waals surface area contributed by atoms with Crippen LogP contribution in [0.15, 0.2) is 11.6 Å². The first-order valence-corrected chi connectivity index (χ1v) is 6.33. The molecule has 104 valence electrons. The Hall–Kier alpha value is -1.64. The molecule has 0 bridgehead atoms. The molecule has 0 aliphatic carbocycles. The van der Waals surface area contributed by atoms with Crippen molar-refractivity contribution in [2.45, 2.75) is 25.1 Å². The molecule has 1 saturated heterocycles. The van der Waals surface area contributed by atoms with E-state index in [0.29, 0.717) is 5.13 Å². The first-order valence-electron chi connectivity index (χ1n) is 5.45. The van der Waals surface area contributed by atoms with Gasteiger partial charge in [-0.25, -0.2) is 4.98 Å². The number of carbonyl (C=O) groups is 2.